The van der Waals surface area contributed by atoms with Gasteiger partial charge in [-0.15, -0.1) is 0 Å². The lowest BCUT2D eigenvalue weighted by atomic mass is 9.93. The molecule has 0 saturated heterocycles. The number of benzene rings is 2. The average Bonchev–Trinajstić information content (AvgIpc) is 2.67. The zero-order valence-electron chi connectivity index (χ0n) is 13.9. The molecule has 11 heteroatoms. The number of hydrogen-bond acceptors (Lipinski definition) is 6. The molecule has 2 aromatic carbocycles. The zero-order chi connectivity index (χ0) is 20.5. The van der Waals surface area contributed by atoms with Crippen molar-refractivity contribution < 1.29 is 23.0 Å². The highest BCUT2D eigenvalue weighted by Crippen LogP contribution is 2.38. The number of rotatable bonds is 4. The number of non-ortho nitro benzene ring substituents is 1. The van der Waals surface area contributed by atoms with Gasteiger partial charge in [0.2, 0.25) is 0 Å². The minimum Gasteiger partial charge on any atom is -0.258 e. The fourth-order valence-electron chi connectivity index (χ4n) is 2.73. The van der Waals surface area contributed by atoms with Crippen LogP contribution in [0.25, 0.3) is 0 Å². The van der Waals surface area contributed by atoms with Crippen LogP contribution in [0, 0.1) is 20.2 Å². The van der Waals surface area contributed by atoms with Gasteiger partial charge in [0, 0.05) is 12.3 Å². The minimum atomic E-state index is -4.79. The zero-order valence-corrected chi connectivity index (χ0v) is 13.9. The smallest absolute Gasteiger partial charge is 0.258 e. The summed E-state index contributed by atoms with van der Waals surface area (Å²) >= 11 is 0. The molecule has 0 bridgehead atoms. The van der Waals surface area contributed by atoms with E-state index in [0.29, 0.717) is 16.6 Å². The summed E-state index contributed by atoms with van der Waals surface area (Å²) in [5, 5.41) is 26.4. The number of halogens is 3. The van der Waals surface area contributed by atoms with Gasteiger partial charge in [0.05, 0.1) is 21.8 Å². The molecule has 0 amide bonds. The summed E-state index contributed by atoms with van der Waals surface area (Å²) < 4.78 is 40.7. The van der Waals surface area contributed by atoms with Crippen molar-refractivity contribution in [1.29, 1.82) is 0 Å². The van der Waals surface area contributed by atoms with E-state index in [1.54, 1.807) is 18.2 Å². The average molecular weight is 392 g/mol. The van der Waals surface area contributed by atoms with Crippen LogP contribution in [0.4, 0.5) is 30.2 Å². The fourth-order valence-corrected chi connectivity index (χ4v) is 2.73. The largest absolute Gasteiger partial charge is 0.432 e. The van der Waals surface area contributed by atoms with Crippen LogP contribution in [0.15, 0.2) is 65.9 Å². The van der Waals surface area contributed by atoms with Gasteiger partial charge in [-0.1, -0.05) is 36.4 Å². The van der Waals surface area contributed by atoms with E-state index in [4.69, 9.17) is 0 Å². The molecule has 3 rings (SSSR count). The van der Waals surface area contributed by atoms with Gasteiger partial charge in [-0.25, -0.2) is 5.01 Å². The first-order valence-corrected chi connectivity index (χ1v) is 7.79. The summed E-state index contributed by atoms with van der Waals surface area (Å²) in [5.41, 5.74) is -2.41. The van der Waals surface area contributed by atoms with Crippen molar-refractivity contribution >= 4 is 22.8 Å². The first kappa shape index (κ1) is 19.0. The molecule has 0 saturated carbocycles. The number of anilines is 1. The van der Waals surface area contributed by atoms with E-state index in [9.17, 15) is 33.4 Å². The first-order valence-electron chi connectivity index (χ1n) is 7.79. The molecule has 1 unspecified atom stereocenters. The predicted octanol–water partition coefficient (Wildman–Crippen LogP) is 4.54. The Kier molecular flexibility index (Phi) is 4.82. The number of nitro benzene ring substituents is 2. The Bertz CT molecular complexity index is 990. The molecule has 28 heavy (non-hydrogen) atoms. The molecule has 1 aliphatic rings. The van der Waals surface area contributed by atoms with E-state index in [1.807, 2.05) is 0 Å². The lowest BCUT2D eigenvalue weighted by Gasteiger charge is -2.26. The van der Waals surface area contributed by atoms with Gasteiger partial charge in [0.25, 0.3) is 5.69 Å². The number of allylic oxidation sites excluding steroid dienone is 1. The van der Waals surface area contributed by atoms with Gasteiger partial charge < -0.3 is 0 Å². The highest BCUT2D eigenvalue weighted by Gasteiger charge is 2.43. The van der Waals surface area contributed by atoms with E-state index >= 15 is 0 Å². The number of nitrogens with zero attached hydrogens (tertiary/aromatic N) is 4. The lowest BCUT2D eigenvalue weighted by molar-refractivity contribution is -0.393. The highest BCUT2D eigenvalue weighted by atomic mass is 19.4. The van der Waals surface area contributed by atoms with Crippen molar-refractivity contribution in [1.82, 2.24) is 0 Å². The SMILES string of the molecule is O=[N+]([O-])c1ccc(N2C=CC(c3ccccc3)C(C(F)(F)F)=N2)c([N+](=O)[O-])c1. The van der Waals surface area contributed by atoms with Crippen LogP contribution in [-0.2, 0) is 0 Å². The Morgan fingerprint density at radius 1 is 1.00 bits per heavy atom. The predicted molar refractivity (Wildman–Crippen MR) is 94.0 cm³/mol. The Balaban J connectivity index is 2.09. The topological polar surface area (TPSA) is 102 Å². The van der Waals surface area contributed by atoms with E-state index in [0.717, 1.165) is 12.1 Å². The van der Waals surface area contributed by atoms with Gasteiger partial charge in [-0.05, 0) is 11.6 Å². The second-order valence-electron chi connectivity index (χ2n) is 5.74. The maximum atomic E-state index is 13.6. The maximum Gasteiger partial charge on any atom is 0.432 e. The highest BCUT2D eigenvalue weighted by molar-refractivity contribution is 5.99. The third-order valence-electron chi connectivity index (χ3n) is 3.99. The Hall–Kier alpha value is -3.76. The van der Waals surface area contributed by atoms with Crippen LogP contribution in [-0.4, -0.2) is 21.7 Å². The lowest BCUT2D eigenvalue weighted by Crippen LogP contribution is -2.34. The summed E-state index contributed by atoms with van der Waals surface area (Å²) in [6.45, 7) is 0. The van der Waals surface area contributed by atoms with Crippen LogP contribution in [0.5, 0.6) is 0 Å². The van der Waals surface area contributed by atoms with Crippen LogP contribution < -0.4 is 5.01 Å². The van der Waals surface area contributed by atoms with Crippen molar-refractivity contribution in [3.8, 4) is 0 Å². The van der Waals surface area contributed by atoms with E-state index in [2.05, 4.69) is 5.10 Å². The molecular weight excluding hydrogens is 381 g/mol. The Morgan fingerprint density at radius 2 is 1.68 bits per heavy atom. The molecule has 8 nitrogen and oxygen atoms in total. The fraction of sp³-hybridized carbons (Fsp3) is 0.118. The van der Waals surface area contributed by atoms with Crippen molar-refractivity contribution in [2.45, 2.75) is 12.1 Å². The maximum absolute atomic E-state index is 13.6. The molecule has 1 heterocycles. The monoisotopic (exact) mass is 392 g/mol. The summed E-state index contributed by atoms with van der Waals surface area (Å²) in [7, 11) is 0. The number of alkyl halides is 3. The summed E-state index contributed by atoms with van der Waals surface area (Å²) in [6, 6.07) is 10.5. The van der Waals surface area contributed by atoms with Crippen LogP contribution in [0.1, 0.15) is 11.5 Å². The molecule has 1 aliphatic heterocycles. The normalized spacial score (nSPS) is 16.6. The van der Waals surface area contributed by atoms with Crippen LogP contribution in [0.2, 0.25) is 0 Å². The second-order valence-corrected chi connectivity index (χ2v) is 5.74. The molecule has 0 aromatic heterocycles. The van der Waals surface area contributed by atoms with Gasteiger partial charge >= 0.3 is 11.9 Å². The van der Waals surface area contributed by atoms with Crippen molar-refractivity contribution in [2.24, 2.45) is 5.10 Å². The molecule has 0 fully saturated rings. The number of hydrazone groups is 1. The second kappa shape index (κ2) is 7.10. The van der Waals surface area contributed by atoms with Crippen LogP contribution in [0.3, 0.4) is 0 Å². The van der Waals surface area contributed by atoms with Gasteiger partial charge in [0.1, 0.15) is 5.69 Å². The summed E-state index contributed by atoms with van der Waals surface area (Å²) in [6.07, 6.45) is -2.41. The Morgan fingerprint density at radius 3 is 2.25 bits per heavy atom. The quantitative estimate of drug-likeness (QED) is 0.562. The molecule has 0 N–H and O–H groups in total. The molecular formula is C17H11F3N4O4. The summed E-state index contributed by atoms with van der Waals surface area (Å²) in [4.78, 5) is 20.3. The molecule has 0 aliphatic carbocycles. The third-order valence-corrected chi connectivity index (χ3v) is 3.99. The van der Waals surface area contributed by atoms with E-state index in [1.165, 1.54) is 24.4 Å². The summed E-state index contributed by atoms with van der Waals surface area (Å²) in [5.74, 6) is -1.19. The number of hydrogen-bond donors (Lipinski definition) is 0. The number of nitro groups is 2. The molecule has 0 spiro atoms. The Labute approximate surface area is 155 Å². The van der Waals surface area contributed by atoms with E-state index in [-0.39, 0.29) is 5.69 Å². The van der Waals surface area contributed by atoms with Crippen molar-refractivity contribution in [2.75, 3.05) is 5.01 Å². The molecule has 2 aromatic rings. The van der Waals surface area contributed by atoms with Gasteiger partial charge in [-0.2, -0.15) is 18.3 Å². The van der Waals surface area contributed by atoms with Gasteiger partial charge in [-0.3, -0.25) is 20.2 Å². The molecule has 0 radical (unpaired) electrons. The third kappa shape index (κ3) is 3.68. The molecule has 144 valence electrons. The first-order chi connectivity index (χ1) is 13.2. The standard InChI is InChI=1S/C17H11F3N4O4/c18-17(19,20)16-13(11-4-2-1-3-5-11)8-9-22(21-16)14-7-6-12(23(25)26)10-15(14)24(27)28/h1-10,13H. The minimum absolute atomic E-state index is 0.319. The van der Waals surface area contributed by atoms with Crippen LogP contribution >= 0.6 is 0 Å². The van der Waals surface area contributed by atoms with Gasteiger partial charge in [0.15, 0.2) is 5.71 Å². The van der Waals surface area contributed by atoms with Crippen molar-refractivity contribution in [3.63, 3.8) is 0 Å². The molecule has 1 atom stereocenters. The van der Waals surface area contributed by atoms with E-state index < -0.39 is 39.0 Å². The van der Waals surface area contributed by atoms with Crippen molar-refractivity contribution in [3.05, 3.63) is 86.6 Å².